The Balaban J connectivity index is 2.16. The molecular formula is C14H17N3O2. The fourth-order valence-corrected chi connectivity index (χ4v) is 1.55. The Morgan fingerprint density at radius 1 is 1.37 bits per heavy atom. The summed E-state index contributed by atoms with van der Waals surface area (Å²) in [6, 6.07) is 11.2. The molecule has 0 spiro atoms. The number of nitrogens with zero attached hydrogens (tertiary/aromatic N) is 1. The van der Waals surface area contributed by atoms with Gasteiger partial charge < -0.3 is 15.6 Å². The van der Waals surface area contributed by atoms with Gasteiger partial charge in [-0.05, 0) is 13.8 Å². The Hall–Kier alpha value is -2.14. The highest BCUT2D eigenvalue weighted by Crippen LogP contribution is 2.18. The third-order valence-electron chi connectivity index (χ3n) is 2.77. The SMILES string of the molecule is CC(C)(CN)NC(=O)c1cc(-c2ccccc2)no1. The third-order valence-corrected chi connectivity index (χ3v) is 2.77. The van der Waals surface area contributed by atoms with E-state index in [0.29, 0.717) is 12.2 Å². The van der Waals surface area contributed by atoms with Gasteiger partial charge in [0.25, 0.3) is 5.91 Å². The van der Waals surface area contributed by atoms with Crippen molar-refractivity contribution in [3.63, 3.8) is 0 Å². The number of nitrogens with two attached hydrogens (primary N) is 1. The predicted molar refractivity (Wildman–Crippen MR) is 72.5 cm³/mol. The number of benzene rings is 1. The van der Waals surface area contributed by atoms with E-state index in [-0.39, 0.29) is 11.7 Å². The first kappa shape index (κ1) is 13.3. The maximum atomic E-state index is 12.0. The van der Waals surface area contributed by atoms with E-state index in [1.807, 2.05) is 44.2 Å². The van der Waals surface area contributed by atoms with Crippen molar-refractivity contribution in [3.05, 3.63) is 42.2 Å². The average Bonchev–Trinajstić information content (AvgIpc) is 2.89. The Bertz CT molecular complexity index is 561. The number of rotatable bonds is 4. The van der Waals surface area contributed by atoms with Gasteiger partial charge in [-0.3, -0.25) is 4.79 Å². The predicted octanol–water partition coefficient (Wildman–Crippen LogP) is 1.81. The highest BCUT2D eigenvalue weighted by Gasteiger charge is 2.22. The number of nitrogens with one attached hydrogen (secondary N) is 1. The lowest BCUT2D eigenvalue weighted by Gasteiger charge is -2.23. The summed E-state index contributed by atoms with van der Waals surface area (Å²) in [4.78, 5) is 12.0. The van der Waals surface area contributed by atoms with E-state index < -0.39 is 5.54 Å². The molecule has 0 saturated heterocycles. The minimum atomic E-state index is -0.475. The van der Waals surface area contributed by atoms with Gasteiger partial charge >= 0.3 is 0 Å². The number of amides is 1. The molecule has 19 heavy (non-hydrogen) atoms. The quantitative estimate of drug-likeness (QED) is 0.877. The first-order valence-electron chi connectivity index (χ1n) is 6.06. The Labute approximate surface area is 111 Å². The summed E-state index contributed by atoms with van der Waals surface area (Å²) in [6.45, 7) is 4.04. The molecule has 2 aromatic rings. The second kappa shape index (κ2) is 5.24. The van der Waals surface area contributed by atoms with Gasteiger partial charge in [-0.2, -0.15) is 0 Å². The van der Waals surface area contributed by atoms with Gasteiger partial charge in [-0.1, -0.05) is 35.5 Å². The van der Waals surface area contributed by atoms with Gasteiger partial charge in [-0.15, -0.1) is 0 Å². The Kier molecular flexibility index (Phi) is 3.66. The van der Waals surface area contributed by atoms with E-state index in [1.54, 1.807) is 6.07 Å². The van der Waals surface area contributed by atoms with Gasteiger partial charge in [0.2, 0.25) is 5.76 Å². The van der Waals surface area contributed by atoms with Crippen LogP contribution in [-0.2, 0) is 0 Å². The second-order valence-corrected chi connectivity index (χ2v) is 4.98. The molecule has 1 aromatic heterocycles. The number of aromatic nitrogens is 1. The number of carbonyl (C=O) groups is 1. The highest BCUT2D eigenvalue weighted by atomic mass is 16.5. The van der Waals surface area contributed by atoms with Gasteiger partial charge in [0.1, 0.15) is 5.69 Å². The number of hydrogen-bond acceptors (Lipinski definition) is 4. The molecule has 0 radical (unpaired) electrons. The summed E-state index contributed by atoms with van der Waals surface area (Å²) >= 11 is 0. The molecule has 1 amide bonds. The molecule has 0 aliphatic rings. The molecule has 5 heteroatoms. The summed E-state index contributed by atoms with van der Waals surface area (Å²) in [5.41, 5.74) is 6.63. The third kappa shape index (κ3) is 3.20. The van der Waals surface area contributed by atoms with Crippen molar-refractivity contribution in [2.45, 2.75) is 19.4 Å². The van der Waals surface area contributed by atoms with Crippen molar-refractivity contribution in [1.29, 1.82) is 0 Å². The molecule has 0 fully saturated rings. The minimum Gasteiger partial charge on any atom is -0.350 e. The maximum Gasteiger partial charge on any atom is 0.290 e. The second-order valence-electron chi connectivity index (χ2n) is 4.98. The normalized spacial score (nSPS) is 11.3. The van der Waals surface area contributed by atoms with Crippen molar-refractivity contribution in [1.82, 2.24) is 10.5 Å². The molecule has 1 heterocycles. The summed E-state index contributed by atoms with van der Waals surface area (Å²) in [5.74, 6) is -0.134. The Morgan fingerprint density at radius 2 is 2.05 bits per heavy atom. The first-order chi connectivity index (χ1) is 9.02. The van der Waals surface area contributed by atoms with Crippen LogP contribution in [0.2, 0.25) is 0 Å². The smallest absolute Gasteiger partial charge is 0.290 e. The zero-order chi connectivity index (χ0) is 13.9. The molecule has 0 atom stereocenters. The van der Waals surface area contributed by atoms with E-state index in [0.717, 1.165) is 5.56 Å². The van der Waals surface area contributed by atoms with E-state index in [4.69, 9.17) is 10.3 Å². The van der Waals surface area contributed by atoms with Crippen LogP contribution in [-0.4, -0.2) is 23.1 Å². The van der Waals surface area contributed by atoms with Crippen molar-refractivity contribution < 1.29 is 9.32 Å². The van der Waals surface area contributed by atoms with Crippen LogP contribution < -0.4 is 11.1 Å². The minimum absolute atomic E-state index is 0.181. The van der Waals surface area contributed by atoms with Crippen LogP contribution in [0, 0.1) is 0 Å². The van der Waals surface area contributed by atoms with Gasteiger partial charge in [-0.25, -0.2) is 0 Å². The van der Waals surface area contributed by atoms with Crippen molar-refractivity contribution in [2.75, 3.05) is 6.54 Å². The van der Waals surface area contributed by atoms with Crippen molar-refractivity contribution >= 4 is 5.91 Å². The lowest BCUT2D eigenvalue weighted by molar-refractivity contribution is 0.0878. The van der Waals surface area contributed by atoms with E-state index in [2.05, 4.69) is 10.5 Å². The van der Waals surface area contributed by atoms with Gasteiger partial charge in [0.05, 0.1) is 0 Å². The van der Waals surface area contributed by atoms with E-state index >= 15 is 0 Å². The highest BCUT2D eigenvalue weighted by molar-refractivity contribution is 5.92. The van der Waals surface area contributed by atoms with Crippen LogP contribution in [0.15, 0.2) is 40.9 Å². The molecule has 0 saturated carbocycles. The van der Waals surface area contributed by atoms with Crippen LogP contribution in [0.3, 0.4) is 0 Å². The molecule has 1 aromatic carbocycles. The monoisotopic (exact) mass is 259 g/mol. The van der Waals surface area contributed by atoms with Crippen molar-refractivity contribution in [3.8, 4) is 11.3 Å². The fraction of sp³-hybridized carbons (Fsp3) is 0.286. The lowest BCUT2D eigenvalue weighted by Crippen LogP contribution is -2.48. The largest absolute Gasteiger partial charge is 0.350 e. The standard InChI is InChI=1S/C14H17N3O2/c1-14(2,9-15)16-13(18)12-8-11(17-19-12)10-6-4-3-5-7-10/h3-8H,9,15H2,1-2H3,(H,16,18). The van der Waals surface area contributed by atoms with Crippen LogP contribution in [0.4, 0.5) is 0 Å². The molecule has 2 rings (SSSR count). The summed E-state index contributed by atoms with van der Waals surface area (Å²) in [5, 5.41) is 6.69. The maximum absolute atomic E-state index is 12.0. The van der Waals surface area contributed by atoms with E-state index in [9.17, 15) is 4.79 Å². The van der Waals surface area contributed by atoms with Gasteiger partial charge in [0.15, 0.2) is 0 Å². The molecule has 5 nitrogen and oxygen atoms in total. The van der Waals surface area contributed by atoms with Crippen molar-refractivity contribution in [2.24, 2.45) is 5.73 Å². The topological polar surface area (TPSA) is 81.1 Å². The molecule has 3 N–H and O–H groups in total. The summed E-state index contributed by atoms with van der Waals surface area (Å²) < 4.78 is 5.07. The summed E-state index contributed by atoms with van der Waals surface area (Å²) in [6.07, 6.45) is 0. The molecule has 100 valence electrons. The number of carbonyl (C=O) groups excluding carboxylic acids is 1. The molecule has 0 aliphatic heterocycles. The van der Waals surface area contributed by atoms with Crippen LogP contribution in [0.1, 0.15) is 24.4 Å². The fourth-order valence-electron chi connectivity index (χ4n) is 1.55. The first-order valence-corrected chi connectivity index (χ1v) is 6.06. The molecular weight excluding hydrogens is 242 g/mol. The molecule has 0 unspecified atom stereocenters. The molecule has 0 aliphatic carbocycles. The zero-order valence-corrected chi connectivity index (χ0v) is 11.0. The Morgan fingerprint density at radius 3 is 2.68 bits per heavy atom. The van der Waals surface area contributed by atoms with Crippen LogP contribution in [0.25, 0.3) is 11.3 Å². The van der Waals surface area contributed by atoms with Crippen LogP contribution >= 0.6 is 0 Å². The average molecular weight is 259 g/mol. The van der Waals surface area contributed by atoms with E-state index in [1.165, 1.54) is 0 Å². The summed E-state index contributed by atoms with van der Waals surface area (Å²) in [7, 11) is 0. The lowest BCUT2D eigenvalue weighted by atomic mass is 10.1. The number of hydrogen-bond donors (Lipinski definition) is 2. The van der Waals surface area contributed by atoms with Crippen LogP contribution in [0.5, 0.6) is 0 Å². The molecule has 0 bridgehead atoms. The zero-order valence-electron chi connectivity index (χ0n) is 11.0. The van der Waals surface area contributed by atoms with Gasteiger partial charge in [0, 0.05) is 23.7 Å².